The van der Waals surface area contributed by atoms with Crippen molar-refractivity contribution in [2.45, 2.75) is 52.1 Å². The highest BCUT2D eigenvalue weighted by molar-refractivity contribution is 5.82. The monoisotopic (exact) mass is 227 g/mol. The summed E-state index contributed by atoms with van der Waals surface area (Å²) in [6.07, 6.45) is 3.16. The molecule has 0 aliphatic heterocycles. The van der Waals surface area contributed by atoms with Gasteiger partial charge >= 0.3 is 6.09 Å². The number of alkyl carbamates (subject to hydrolysis) is 1. The van der Waals surface area contributed by atoms with E-state index in [9.17, 15) is 9.59 Å². The van der Waals surface area contributed by atoms with E-state index in [4.69, 9.17) is 4.74 Å². The molecule has 0 aromatic carbocycles. The summed E-state index contributed by atoms with van der Waals surface area (Å²) in [6.45, 7) is 5.86. The average molecular weight is 227 g/mol. The van der Waals surface area contributed by atoms with Gasteiger partial charge in [0.15, 0.2) is 0 Å². The molecule has 0 radical (unpaired) electrons. The van der Waals surface area contributed by atoms with Gasteiger partial charge in [0.05, 0.1) is 0 Å². The lowest BCUT2D eigenvalue weighted by atomic mass is 9.88. The first-order valence-electron chi connectivity index (χ1n) is 5.88. The van der Waals surface area contributed by atoms with Gasteiger partial charge in [0.1, 0.15) is 11.4 Å². The molecule has 1 fully saturated rings. The van der Waals surface area contributed by atoms with E-state index in [1.807, 2.05) is 20.8 Å². The minimum absolute atomic E-state index is 0.0127. The molecule has 1 atom stereocenters. The Bertz CT molecular complexity index is 268. The Labute approximate surface area is 96.7 Å². The second kappa shape index (κ2) is 5.32. The molecule has 0 saturated heterocycles. The van der Waals surface area contributed by atoms with Crippen LogP contribution in [0.3, 0.4) is 0 Å². The van der Waals surface area contributed by atoms with Crippen LogP contribution in [0.15, 0.2) is 0 Å². The molecule has 1 saturated carbocycles. The second-order valence-electron chi connectivity index (χ2n) is 5.29. The van der Waals surface area contributed by atoms with Gasteiger partial charge in [-0.15, -0.1) is 0 Å². The van der Waals surface area contributed by atoms with E-state index in [-0.39, 0.29) is 11.7 Å². The number of ether oxygens (including phenoxy) is 1. The molecule has 92 valence electrons. The maximum absolute atomic E-state index is 11.5. The van der Waals surface area contributed by atoms with Crippen molar-refractivity contribution in [3.05, 3.63) is 0 Å². The first-order chi connectivity index (χ1) is 7.38. The summed E-state index contributed by atoms with van der Waals surface area (Å²) in [5.41, 5.74) is -0.485. The zero-order valence-corrected chi connectivity index (χ0v) is 10.3. The fraction of sp³-hybridized carbons (Fsp3) is 0.833. The lowest BCUT2D eigenvalue weighted by Gasteiger charge is -2.23. The predicted octanol–water partition coefficient (Wildman–Crippen LogP) is 2.27. The summed E-state index contributed by atoms with van der Waals surface area (Å²) in [7, 11) is 0. The van der Waals surface area contributed by atoms with Crippen LogP contribution < -0.4 is 5.32 Å². The second-order valence-corrected chi connectivity index (χ2v) is 5.29. The van der Waals surface area contributed by atoms with Crippen molar-refractivity contribution < 1.29 is 14.3 Å². The number of carbonyl (C=O) groups is 2. The third-order valence-corrected chi connectivity index (χ3v) is 2.57. The average Bonchev–Trinajstić information content (AvgIpc) is 2.14. The summed E-state index contributed by atoms with van der Waals surface area (Å²) < 4.78 is 5.10. The van der Waals surface area contributed by atoms with Crippen molar-refractivity contribution in [3.8, 4) is 0 Å². The highest BCUT2D eigenvalue weighted by Crippen LogP contribution is 2.19. The van der Waals surface area contributed by atoms with E-state index < -0.39 is 11.7 Å². The number of amides is 1. The fourth-order valence-corrected chi connectivity index (χ4v) is 1.79. The van der Waals surface area contributed by atoms with Crippen LogP contribution in [-0.4, -0.2) is 24.0 Å². The molecule has 0 unspecified atom stereocenters. The van der Waals surface area contributed by atoms with Crippen molar-refractivity contribution in [1.82, 2.24) is 5.32 Å². The van der Waals surface area contributed by atoms with E-state index in [0.717, 1.165) is 19.3 Å². The van der Waals surface area contributed by atoms with Crippen molar-refractivity contribution in [2.24, 2.45) is 5.92 Å². The topological polar surface area (TPSA) is 55.4 Å². The molecular formula is C12H21NO3. The minimum atomic E-state index is -0.485. The molecule has 1 N–H and O–H groups in total. The van der Waals surface area contributed by atoms with Crippen molar-refractivity contribution in [1.29, 1.82) is 0 Å². The van der Waals surface area contributed by atoms with Crippen LogP contribution in [0.4, 0.5) is 4.79 Å². The summed E-state index contributed by atoms with van der Waals surface area (Å²) in [5.74, 6) is 0.253. The zero-order valence-electron chi connectivity index (χ0n) is 10.3. The van der Waals surface area contributed by atoms with Gasteiger partial charge in [-0.3, -0.25) is 4.79 Å². The van der Waals surface area contributed by atoms with Crippen molar-refractivity contribution in [2.75, 3.05) is 6.54 Å². The van der Waals surface area contributed by atoms with Crippen LogP contribution in [0.2, 0.25) is 0 Å². The van der Waals surface area contributed by atoms with Gasteiger partial charge in [-0.25, -0.2) is 4.79 Å². The number of ketones is 1. The van der Waals surface area contributed by atoms with Gasteiger partial charge in [0.25, 0.3) is 0 Å². The van der Waals surface area contributed by atoms with E-state index >= 15 is 0 Å². The van der Waals surface area contributed by atoms with E-state index in [2.05, 4.69) is 5.32 Å². The zero-order chi connectivity index (χ0) is 12.2. The Kier molecular flexibility index (Phi) is 4.33. The lowest BCUT2D eigenvalue weighted by molar-refractivity contribution is -0.124. The number of rotatable bonds is 2. The van der Waals surface area contributed by atoms with Crippen LogP contribution in [0.1, 0.15) is 46.5 Å². The smallest absolute Gasteiger partial charge is 0.407 e. The first-order valence-corrected chi connectivity index (χ1v) is 5.88. The Morgan fingerprint density at radius 3 is 2.69 bits per heavy atom. The number of carbonyl (C=O) groups excluding carboxylic acids is 2. The van der Waals surface area contributed by atoms with Crippen LogP contribution in [0.5, 0.6) is 0 Å². The molecule has 16 heavy (non-hydrogen) atoms. The third-order valence-electron chi connectivity index (χ3n) is 2.57. The number of Topliss-reactive ketones (excluding diaryl/α,β-unsaturated/α-hetero) is 1. The van der Waals surface area contributed by atoms with Crippen LogP contribution in [-0.2, 0) is 9.53 Å². The molecule has 0 heterocycles. The Balaban J connectivity index is 2.28. The number of hydrogen-bond donors (Lipinski definition) is 1. The maximum Gasteiger partial charge on any atom is 0.407 e. The molecule has 1 amide bonds. The van der Waals surface area contributed by atoms with Crippen LogP contribution >= 0.6 is 0 Å². The summed E-state index contributed by atoms with van der Waals surface area (Å²) >= 11 is 0. The Morgan fingerprint density at radius 2 is 2.12 bits per heavy atom. The maximum atomic E-state index is 11.5. The molecule has 0 aromatic heterocycles. The third kappa shape index (κ3) is 4.64. The molecule has 1 rings (SSSR count). The summed E-state index contributed by atoms with van der Waals surface area (Å²) in [6, 6.07) is 0. The molecular weight excluding hydrogens is 206 g/mol. The fourth-order valence-electron chi connectivity index (χ4n) is 1.79. The molecule has 1 aliphatic carbocycles. The van der Waals surface area contributed by atoms with E-state index in [1.54, 1.807) is 0 Å². The molecule has 4 nitrogen and oxygen atoms in total. The van der Waals surface area contributed by atoms with Crippen molar-refractivity contribution in [3.63, 3.8) is 0 Å². The van der Waals surface area contributed by atoms with Gasteiger partial charge < -0.3 is 10.1 Å². The van der Waals surface area contributed by atoms with E-state index in [0.29, 0.717) is 13.0 Å². The highest BCUT2D eigenvalue weighted by atomic mass is 16.6. The Hall–Kier alpha value is -1.06. The number of hydrogen-bond acceptors (Lipinski definition) is 3. The van der Waals surface area contributed by atoms with Crippen LogP contribution in [0, 0.1) is 5.92 Å². The first kappa shape index (κ1) is 13.0. The van der Waals surface area contributed by atoms with Gasteiger partial charge in [-0.05, 0) is 33.6 Å². The Morgan fingerprint density at radius 1 is 1.44 bits per heavy atom. The minimum Gasteiger partial charge on any atom is -0.444 e. The molecule has 1 aliphatic rings. The standard InChI is InChI=1S/C12H21NO3/c1-12(2,3)16-11(15)13-8-9-6-4-5-7-10(9)14/h9H,4-8H2,1-3H3,(H,13,15)/t9-/m0/s1. The normalized spacial score (nSPS) is 21.7. The van der Waals surface area contributed by atoms with Gasteiger partial charge in [-0.2, -0.15) is 0 Å². The highest BCUT2D eigenvalue weighted by Gasteiger charge is 2.23. The largest absolute Gasteiger partial charge is 0.444 e. The van der Waals surface area contributed by atoms with E-state index in [1.165, 1.54) is 0 Å². The SMILES string of the molecule is CC(C)(C)OC(=O)NC[C@@H]1CCCCC1=O. The molecule has 4 heteroatoms. The van der Waals surface area contributed by atoms with Crippen molar-refractivity contribution >= 4 is 11.9 Å². The quantitative estimate of drug-likeness (QED) is 0.787. The number of nitrogens with one attached hydrogen (secondary N) is 1. The molecule has 0 aromatic rings. The van der Waals surface area contributed by atoms with Crippen LogP contribution in [0.25, 0.3) is 0 Å². The predicted molar refractivity (Wildman–Crippen MR) is 61.2 cm³/mol. The summed E-state index contributed by atoms with van der Waals surface area (Å²) in [4.78, 5) is 22.9. The van der Waals surface area contributed by atoms with Gasteiger partial charge in [0, 0.05) is 18.9 Å². The lowest BCUT2D eigenvalue weighted by Crippen LogP contribution is -2.37. The van der Waals surface area contributed by atoms with Gasteiger partial charge in [-0.1, -0.05) is 6.42 Å². The molecule has 0 bridgehead atoms. The molecule has 0 spiro atoms. The van der Waals surface area contributed by atoms with Gasteiger partial charge in [0.2, 0.25) is 0 Å². The summed E-state index contributed by atoms with van der Waals surface area (Å²) in [5, 5.41) is 2.66.